The number of non-ortho nitro benzene ring substituents is 1. The fourth-order valence-electron chi connectivity index (χ4n) is 1.81. The minimum Gasteiger partial charge on any atom is -0.465 e. The Hall–Kier alpha value is -2.34. The number of nitro groups is 1. The van der Waals surface area contributed by atoms with Crippen LogP contribution in [-0.2, 0) is 4.74 Å². The number of methoxy groups -OCH3 is 1. The lowest BCUT2D eigenvalue weighted by molar-refractivity contribution is -0.385. The fourth-order valence-corrected chi connectivity index (χ4v) is 2.82. The molecule has 0 fully saturated rings. The molecule has 0 aliphatic rings. The maximum atomic E-state index is 11.7. The third-order valence-electron chi connectivity index (χ3n) is 2.88. The molecule has 0 aromatic heterocycles. The van der Waals surface area contributed by atoms with Crippen LogP contribution in [0.25, 0.3) is 0 Å². The molecule has 0 N–H and O–H groups in total. The molecule has 21 heavy (non-hydrogen) atoms. The molecule has 0 radical (unpaired) electrons. The Labute approximate surface area is 126 Å². The Bertz CT molecular complexity index is 700. The van der Waals surface area contributed by atoms with Crippen molar-refractivity contribution >= 4 is 23.4 Å². The molecule has 0 saturated heterocycles. The molecule has 2 aromatic carbocycles. The lowest BCUT2D eigenvalue weighted by Crippen LogP contribution is -2.02. The van der Waals surface area contributed by atoms with Crippen LogP contribution in [0.5, 0.6) is 0 Å². The van der Waals surface area contributed by atoms with E-state index in [0.717, 1.165) is 15.4 Å². The van der Waals surface area contributed by atoms with Crippen molar-refractivity contribution in [2.75, 3.05) is 7.11 Å². The Balaban J connectivity index is 2.35. The minimum atomic E-state index is -0.427. The Morgan fingerprint density at radius 2 is 1.90 bits per heavy atom. The van der Waals surface area contributed by atoms with Crippen LogP contribution in [0.2, 0.25) is 0 Å². The third-order valence-corrected chi connectivity index (χ3v) is 4.14. The molecule has 0 saturated carbocycles. The standard InChI is InChI=1S/C15H13NO4S/c1-10-9-11(16(18)19)7-8-13(10)21-14-6-4-3-5-12(14)15(17)20-2/h3-9H,1-2H3. The number of ether oxygens (including phenoxy) is 1. The minimum absolute atomic E-state index is 0.0538. The van der Waals surface area contributed by atoms with Gasteiger partial charge in [-0.1, -0.05) is 23.9 Å². The number of hydrogen-bond donors (Lipinski definition) is 0. The number of carbonyl (C=O) groups is 1. The van der Waals surface area contributed by atoms with Gasteiger partial charge in [0.05, 0.1) is 17.6 Å². The molecule has 2 aromatic rings. The van der Waals surface area contributed by atoms with Gasteiger partial charge in [0.25, 0.3) is 5.69 Å². The molecule has 0 atom stereocenters. The monoisotopic (exact) mass is 303 g/mol. The van der Waals surface area contributed by atoms with Crippen LogP contribution in [0.4, 0.5) is 5.69 Å². The largest absolute Gasteiger partial charge is 0.465 e. The van der Waals surface area contributed by atoms with Gasteiger partial charge in [-0.3, -0.25) is 10.1 Å². The summed E-state index contributed by atoms with van der Waals surface area (Å²) in [6, 6.07) is 11.8. The Morgan fingerprint density at radius 3 is 2.52 bits per heavy atom. The summed E-state index contributed by atoms with van der Waals surface area (Å²) in [4.78, 5) is 23.7. The molecule has 0 amide bonds. The van der Waals surface area contributed by atoms with Gasteiger partial charge in [0, 0.05) is 21.9 Å². The summed E-state index contributed by atoms with van der Waals surface area (Å²) in [6.45, 7) is 1.80. The van der Waals surface area contributed by atoms with Gasteiger partial charge in [-0.2, -0.15) is 0 Å². The molecular weight excluding hydrogens is 290 g/mol. The van der Waals surface area contributed by atoms with Gasteiger partial charge in [-0.25, -0.2) is 4.79 Å². The molecule has 0 aliphatic heterocycles. The van der Waals surface area contributed by atoms with Gasteiger partial charge in [-0.05, 0) is 30.7 Å². The van der Waals surface area contributed by atoms with Crippen molar-refractivity contribution < 1.29 is 14.5 Å². The summed E-state index contributed by atoms with van der Waals surface area (Å²) in [5.74, 6) is -0.405. The fraction of sp³-hybridized carbons (Fsp3) is 0.133. The zero-order valence-electron chi connectivity index (χ0n) is 11.5. The molecule has 5 nitrogen and oxygen atoms in total. The highest BCUT2D eigenvalue weighted by Crippen LogP contribution is 2.34. The van der Waals surface area contributed by atoms with Gasteiger partial charge in [-0.15, -0.1) is 0 Å². The molecule has 0 bridgehead atoms. The van der Waals surface area contributed by atoms with E-state index < -0.39 is 10.9 Å². The van der Waals surface area contributed by atoms with E-state index >= 15 is 0 Å². The number of nitro benzene ring substituents is 1. The molecule has 0 aliphatic carbocycles. The lowest BCUT2D eigenvalue weighted by Gasteiger charge is -2.09. The first-order chi connectivity index (χ1) is 10.0. The summed E-state index contributed by atoms with van der Waals surface area (Å²) in [6.07, 6.45) is 0. The topological polar surface area (TPSA) is 69.4 Å². The SMILES string of the molecule is COC(=O)c1ccccc1Sc1ccc([N+](=O)[O-])cc1C. The average Bonchev–Trinajstić information content (AvgIpc) is 2.49. The molecule has 0 unspecified atom stereocenters. The van der Waals surface area contributed by atoms with E-state index in [1.807, 2.05) is 12.1 Å². The van der Waals surface area contributed by atoms with Crippen molar-refractivity contribution in [1.82, 2.24) is 0 Å². The predicted octanol–water partition coefficient (Wildman–Crippen LogP) is 3.84. The number of hydrogen-bond acceptors (Lipinski definition) is 5. The first kappa shape index (κ1) is 15.1. The number of benzene rings is 2. The summed E-state index contributed by atoms with van der Waals surface area (Å²) in [5.41, 5.74) is 1.31. The van der Waals surface area contributed by atoms with E-state index in [2.05, 4.69) is 0 Å². The van der Waals surface area contributed by atoms with Gasteiger partial charge in [0.15, 0.2) is 0 Å². The molecule has 0 spiro atoms. The van der Waals surface area contributed by atoms with Crippen LogP contribution in [0, 0.1) is 17.0 Å². The quantitative estimate of drug-likeness (QED) is 0.487. The van der Waals surface area contributed by atoms with E-state index in [1.165, 1.54) is 31.0 Å². The van der Waals surface area contributed by atoms with Crippen molar-refractivity contribution in [1.29, 1.82) is 0 Å². The number of carbonyl (C=O) groups excluding carboxylic acids is 1. The average molecular weight is 303 g/mol. The summed E-state index contributed by atoms with van der Waals surface area (Å²) in [7, 11) is 1.33. The van der Waals surface area contributed by atoms with Crippen molar-refractivity contribution in [3.63, 3.8) is 0 Å². The highest BCUT2D eigenvalue weighted by molar-refractivity contribution is 7.99. The highest BCUT2D eigenvalue weighted by atomic mass is 32.2. The van der Waals surface area contributed by atoms with Gasteiger partial charge in [0.1, 0.15) is 0 Å². The molecule has 2 rings (SSSR count). The first-order valence-corrected chi connectivity index (χ1v) is 6.95. The second-order valence-electron chi connectivity index (χ2n) is 4.30. The third kappa shape index (κ3) is 3.41. The van der Waals surface area contributed by atoms with Crippen LogP contribution in [0.1, 0.15) is 15.9 Å². The maximum Gasteiger partial charge on any atom is 0.339 e. The van der Waals surface area contributed by atoms with Crippen molar-refractivity contribution in [2.24, 2.45) is 0 Å². The predicted molar refractivity (Wildman–Crippen MR) is 79.7 cm³/mol. The number of nitrogens with zero attached hydrogens (tertiary/aromatic N) is 1. The van der Waals surface area contributed by atoms with Gasteiger partial charge >= 0.3 is 5.97 Å². The molecular formula is C15H13NO4S. The molecule has 0 heterocycles. The van der Waals surface area contributed by atoms with E-state index in [1.54, 1.807) is 25.1 Å². The van der Waals surface area contributed by atoms with E-state index in [-0.39, 0.29) is 5.69 Å². The van der Waals surface area contributed by atoms with Crippen LogP contribution in [0.3, 0.4) is 0 Å². The number of esters is 1. The second-order valence-corrected chi connectivity index (χ2v) is 5.38. The second kappa shape index (κ2) is 6.41. The van der Waals surface area contributed by atoms with Gasteiger partial charge < -0.3 is 4.74 Å². The smallest absolute Gasteiger partial charge is 0.339 e. The first-order valence-electron chi connectivity index (χ1n) is 6.13. The van der Waals surface area contributed by atoms with Crippen molar-refractivity contribution in [3.05, 3.63) is 63.7 Å². The normalized spacial score (nSPS) is 10.2. The lowest BCUT2D eigenvalue weighted by atomic mass is 10.2. The van der Waals surface area contributed by atoms with E-state index in [0.29, 0.717) is 5.56 Å². The van der Waals surface area contributed by atoms with Crippen LogP contribution in [0.15, 0.2) is 52.3 Å². The number of rotatable bonds is 4. The maximum absolute atomic E-state index is 11.7. The zero-order valence-corrected chi connectivity index (χ0v) is 12.3. The van der Waals surface area contributed by atoms with Gasteiger partial charge in [0.2, 0.25) is 0 Å². The number of aryl methyl sites for hydroxylation is 1. The van der Waals surface area contributed by atoms with E-state index in [9.17, 15) is 14.9 Å². The molecule has 108 valence electrons. The van der Waals surface area contributed by atoms with Crippen LogP contribution < -0.4 is 0 Å². The zero-order chi connectivity index (χ0) is 15.4. The summed E-state index contributed by atoms with van der Waals surface area (Å²) >= 11 is 1.38. The highest BCUT2D eigenvalue weighted by Gasteiger charge is 2.14. The summed E-state index contributed by atoms with van der Waals surface area (Å²) < 4.78 is 4.75. The van der Waals surface area contributed by atoms with Crippen LogP contribution >= 0.6 is 11.8 Å². The Kier molecular flexibility index (Phi) is 4.59. The van der Waals surface area contributed by atoms with Crippen molar-refractivity contribution in [2.45, 2.75) is 16.7 Å². The van der Waals surface area contributed by atoms with Crippen molar-refractivity contribution in [3.8, 4) is 0 Å². The molecule has 6 heteroatoms. The van der Waals surface area contributed by atoms with Crippen LogP contribution in [-0.4, -0.2) is 18.0 Å². The Morgan fingerprint density at radius 1 is 1.19 bits per heavy atom. The van der Waals surface area contributed by atoms with E-state index in [4.69, 9.17) is 4.74 Å². The summed E-state index contributed by atoms with van der Waals surface area (Å²) in [5, 5.41) is 10.7.